The van der Waals surface area contributed by atoms with Crippen molar-refractivity contribution in [2.75, 3.05) is 6.54 Å². The van der Waals surface area contributed by atoms with Gasteiger partial charge in [-0.3, -0.25) is 4.79 Å². The molecule has 0 unspecified atom stereocenters. The molecule has 0 radical (unpaired) electrons. The third-order valence-corrected chi connectivity index (χ3v) is 3.51. The van der Waals surface area contributed by atoms with Crippen LogP contribution in [0.2, 0.25) is 0 Å². The molecule has 0 bridgehead atoms. The minimum atomic E-state index is -3.58. The number of hydrogen-bond donors (Lipinski definition) is 1. The van der Waals surface area contributed by atoms with E-state index in [2.05, 4.69) is 4.72 Å². The predicted octanol–water partition coefficient (Wildman–Crippen LogP) is 1.43. The number of nitrogens with one attached hydrogen (secondary N) is 1. The van der Waals surface area contributed by atoms with Gasteiger partial charge in [-0.15, -0.1) is 0 Å². The monoisotopic (exact) mass is 241 g/mol. The van der Waals surface area contributed by atoms with Crippen molar-refractivity contribution in [3.05, 3.63) is 29.8 Å². The van der Waals surface area contributed by atoms with Gasteiger partial charge in [0.25, 0.3) is 0 Å². The highest BCUT2D eigenvalue weighted by atomic mass is 32.2. The first kappa shape index (κ1) is 12.9. The van der Waals surface area contributed by atoms with Gasteiger partial charge in [-0.05, 0) is 12.0 Å². The van der Waals surface area contributed by atoms with Crippen LogP contribution in [0.1, 0.15) is 24.2 Å². The lowest BCUT2D eigenvalue weighted by molar-refractivity contribution is 0.112. The van der Waals surface area contributed by atoms with Crippen LogP contribution in [0.15, 0.2) is 29.2 Å². The van der Waals surface area contributed by atoms with E-state index < -0.39 is 10.0 Å². The summed E-state index contributed by atoms with van der Waals surface area (Å²) in [6, 6.07) is 6.13. The van der Waals surface area contributed by atoms with E-state index in [1.807, 2.05) is 13.8 Å². The zero-order valence-corrected chi connectivity index (χ0v) is 10.1. The summed E-state index contributed by atoms with van der Waals surface area (Å²) in [4.78, 5) is 10.8. The highest BCUT2D eigenvalue weighted by molar-refractivity contribution is 7.89. The second-order valence-electron chi connectivity index (χ2n) is 3.90. The molecule has 0 aliphatic carbocycles. The average Bonchev–Trinajstić information content (AvgIpc) is 2.26. The van der Waals surface area contributed by atoms with Crippen molar-refractivity contribution in [1.82, 2.24) is 4.72 Å². The Kier molecular flexibility index (Phi) is 4.20. The Balaban J connectivity index is 3.02. The Hall–Kier alpha value is -1.20. The number of carbonyl (C=O) groups is 1. The quantitative estimate of drug-likeness (QED) is 0.793. The highest BCUT2D eigenvalue weighted by Gasteiger charge is 2.17. The van der Waals surface area contributed by atoms with Gasteiger partial charge in [-0.1, -0.05) is 32.0 Å². The summed E-state index contributed by atoms with van der Waals surface area (Å²) >= 11 is 0. The fourth-order valence-corrected chi connectivity index (χ4v) is 2.57. The maximum Gasteiger partial charge on any atom is 0.241 e. The summed E-state index contributed by atoms with van der Waals surface area (Å²) < 4.78 is 26.2. The number of hydrogen-bond acceptors (Lipinski definition) is 3. The molecule has 5 heteroatoms. The Morgan fingerprint density at radius 2 is 1.94 bits per heavy atom. The molecular formula is C11H15NO3S. The number of sulfonamides is 1. The Morgan fingerprint density at radius 3 is 2.50 bits per heavy atom. The van der Waals surface area contributed by atoms with Crippen molar-refractivity contribution in [3.63, 3.8) is 0 Å². The molecule has 4 nitrogen and oxygen atoms in total. The van der Waals surface area contributed by atoms with Crippen LogP contribution in [-0.4, -0.2) is 21.2 Å². The Morgan fingerprint density at radius 1 is 1.31 bits per heavy atom. The summed E-state index contributed by atoms with van der Waals surface area (Å²) in [7, 11) is -3.58. The van der Waals surface area contributed by atoms with Crippen LogP contribution in [0.3, 0.4) is 0 Å². The minimum absolute atomic E-state index is 0.0330. The third kappa shape index (κ3) is 3.15. The van der Waals surface area contributed by atoms with Crippen LogP contribution >= 0.6 is 0 Å². The first-order valence-corrected chi connectivity index (χ1v) is 6.49. The predicted molar refractivity (Wildman–Crippen MR) is 61.9 cm³/mol. The van der Waals surface area contributed by atoms with Crippen LogP contribution < -0.4 is 4.72 Å². The largest absolute Gasteiger partial charge is 0.298 e. The van der Waals surface area contributed by atoms with E-state index >= 15 is 0 Å². The van der Waals surface area contributed by atoms with Crippen molar-refractivity contribution in [3.8, 4) is 0 Å². The van der Waals surface area contributed by atoms with Gasteiger partial charge in [0.05, 0.1) is 4.90 Å². The molecule has 0 fully saturated rings. The molecule has 16 heavy (non-hydrogen) atoms. The standard InChI is InChI=1S/C11H15NO3S/c1-9(2)7-12-16(14,15)11-6-4-3-5-10(11)8-13/h3-6,8-9,12H,7H2,1-2H3. The fourth-order valence-electron chi connectivity index (χ4n) is 1.18. The highest BCUT2D eigenvalue weighted by Crippen LogP contribution is 2.13. The number of rotatable bonds is 5. The molecule has 1 aromatic rings. The molecule has 0 aliphatic rings. The average molecular weight is 241 g/mol. The first-order valence-electron chi connectivity index (χ1n) is 5.01. The van der Waals surface area contributed by atoms with Crippen LogP contribution in [0.25, 0.3) is 0 Å². The lowest BCUT2D eigenvalue weighted by Crippen LogP contribution is -2.28. The lowest BCUT2D eigenvalue weighted by Gasteiger charge is -2.09. The molecule has 0 heterocycles. The maximum atomic E-state index is 11.8. The van der Waals surface area contributed by atoms with Crippen LogP contribution in [0.4, 0.5) is 0 Å². The molecular weight excluding hydrogens is 226 g/mol. The fraction of sp³-hybridized carbons (Fsp3) is 0.364. The molecule has 0 atom stereocenters. The van der Waals surface area contributed by atoms with Gasteiger partial charge in [-0.2, -0.15) is 0 Å². The molecule has 1 aromatic carbocycles. The van der Waals surface area contributed by atoms with Crippen LogP contribution in [0, 0.1) is 5.92 Å². The van der Waals surface area contributed by atoms with Crippen LogP contribution in [0.5, 0.6) is 0 Å². The maximum absolute atomic E-state index is 11.8. The van der Waals surface area contributed by atoms with Gasteiger partial charge in [0.15, 0.2) is 6.29 Å². The smallest absolute Gasteiger partial charge is 0.241 e. The zero-order valence-electron chi connectivity index (χ0n) is 9.30. The molecule has 0 saturated heterocycles. The Bertz CT molecular complexity index is 466. The molecule has 1 rings (SSSR count). The van der Waals surface area contributed by atoms with E-state index in [-0.39, 0.29) is 16.4 Å². The van der Waals surface area contributed by atoms with E-state index in [1.165, 1.54) is 12.1 Å². The molecule has 0 spiro atoms. The number of carbonyl (C=O) groups excluding carboxylic acids is 1. The number of benzene rings is 1. The number of aldehydes is 1. The second kappa shape index (κ2) is 5.23. The molecule has 0 amide bonds. The van der Waals surface area contributed by atoms with E-state index in [0.717, 1.165) is 0 Å². The summed E-state index contributed by atoms with van der Waals surface area (Å²) in [6.45, 7) is 4.18. The third-order valence-electron chi connectivity index (χ3n) is 2.02. The van der Waals surface area contributed by atoms with E-state index in [4.69, 9.17) is 0 Å². The van der Waals surface area contributed by atoms with E-state index in [0.29, 0.717) is 12.8 Å². The molecule has 0 aliphatic heterocycles. The SMILES string of the molecule is CC(C)CNS(=O)(=O)c1ccccc1C=O. The molecule has 0 aromatic heterocycles. The van der Waals surface area contributed by atoms with E-state index in [9.17, 15) is 13.2 Å². The van der Waals surface area contributed by atoms with Gasteiger partial charge in [0.1, 0.15) is 0 Å². The van der Waals surface area contributed by atoms with Crippen molar-refractivity contribution in [2.24, 2.45) is 5.92 Å². The minimum Gasteiger partial charge on any atom is -0.298 e. The summed E-state index contributed by atoms with van der Waals surface area (Å²) in [5, 5.41) is 0. The Labute approximate surface area is 95.7 Å². The van der Waals surface area contributed by atoms with Gasteiger partial charge < -0.3 is 0 Å². The lowest BCUT2D eigenvalue weighted by atomic mass is 10.2. The van der Waals surface area contributed by atoms with Gasteiger partial charge in [-0.25, -0.2) is 13.1 Å². The van der Waals surface area contributed by atoms with Gasteiger partial charge in [0.2, 0.25) is 10.0 Å². The zero-order chi connectivity index (χ0) is 12.2. The van der Waals surface area contributed by atoms with Crippen molar-refractivity contribution >= 4 is 16.3 Å². The van der Waals surface area contributed by atoms with Crippen molar-refractivity contribution < 1.29 is 13.2 Å². The summed E-state index contributed by atoms with van der Waals surface area (Å²) in [5.74, 6) is 0.221. The van der Waals surface area contributed by atoms with Crippen LogP contribution in [-0.2, 0) is 10.0 Å². The topological polar surface area (TPSA) is 63.2 Å². The van der Waals surface area contributed by atoms with Crippen molar-refractivity contribution in [1.29, 1.82) is 0 Å². The molecule has 1 N–H and O–H groups in total. The summed E-state index contributed by atoms with van der Waals surface area (Å²) in [6.07, 6.45) is 0.546. The molecule has 88 valence electrons. The van der Waals surface area contributed by atoms with Gasteiger partial charge >= 0.3 is 0 Å². The normalized spacial score (nSPS) is 11.7. The van der Waals surface area contributed by atoms with Crippen molar-refractivity contribution in [2.45, 2.75) is 18.7 Å². The first-order chi connectivity index (χ1) is 7.47. The van der Waals surface area contributed by atoms with E-state index in [1.54, 1.807) is 12.1 Å². The molecule has 0 saturated carbocycles. The summed E-state index contributed by atoms with van der Waals surface area (Å²) in [5.41, 5.74) is 0.179. The second-order valence-corrected chi connectivity index (χ2v) is 5.64. The van der Waals surface area contributed by atoms with Gasteiger partial charge in [0, 0.05) is 12.1 Å².